The van der Waals surface area contributed by atoms with Gasteiger partial charge in [0.25, 0.3) is 0 Å². The van der Waals surface area contributed by atoms with Crippen LogP contribution < -0.4 is 10.0 Å². The third kappa shape index (κ3) is 3.34. The zero-order valence-corrected chi connectivity index (χ0v) is 13.0. The topological polar surface area (TPSA) is 58.2 Å². The molecule has 0 aromatic heterocycles. The van der Waals surface area contributed by atoms with Gasteiger partial charge in [0.05, 0.1) is 4.90 Å². The minimum atomic E-state index is -3.37. The largest absolute Gasteiger partial charge is 0.315 e. The Morgan fingerprint density at radius 1 is 1.15 bits per heavy atom. The predicted octanol–water partition coefficient (Wildman–Crippen LogP) is 1.63. The van der Waals surface area contributed by atoms with Crippen molar-refractivity contribution in [2.24, 2.45) is 0 Å². The van der Waals surface area contributed by atoms with E-state index in [-0.39, 0.29) is 18.4 Å². The van der Waals surface area contributed by atoms with Crippen molar-refractivity contribution < 1.29 is 8.42 Å². The van der Waals surface area contributed by atoms with Crippen LogP contribution in [0.4, 0.5) is 0 Å². The van der Waals surface area contributed by atoms with Crippen molar-refractivity contribution in [1.82, 2.24) is 10.0 Å². The molecule has 1 aromatic carbocycles. The number of fused-ring (bicyclic) bond motifs is 1. The smallest absolute Gasteiger partial charge is 0.240 e. The second-order valence-corrected chi connectivity index (χ2v) is 7.16. The molecule has 2 N–H and O–H groups in total. The van der Waals surface area contributed by atoms with E-state index in [2.05, 4.69) is 10.0 Å². The van der Waals surface area contributed by atoms with Crippen LogP contribution in [0.25, 0.3) is 0 Å². The van der Waals surface area contributed by atoms with Crippen LogP contribution in [0.3, 0.4) is 0 Å². The van der Waals surface area contributed by atoms with Crippen LogP contribution in [0.5, 0.6) is 0 Å². The highest BCUT2D eigenvalue weighted by atomic mass is 35.5. The normalized spacial score (nSPS) is 22.1. The van der Waals surface area contributed by atoms with Gasteiger partial charge in [-0.3, -0.25) is 0 Å². The van der Waals surface area contributed by atoms with E-state index >= 15 is 0 Å². The summed E-state index contributed by atoms with van der Waals surface area (Å²) in [7, 11) is -3.37. The van der Waals surface area contributed by atoms with Crippen molar-refractivity contribution in [3.05, 3.63) is 29.3 Å². The van der Waals surface area contributed by atoms with Gasteiger partial charge in [-0.15, -0.1) is 12.4 Å². The lowest BCUT2D eigenvalue weighted by molar-refractivity contribution is 0.559. The molecule has 1 atom stereocenters. The van der Waals surface area contributed by atoms with Crippen LogP contribution in [0.1, 0.15) is 30.4 Å². The Kier molecular flexibility index (Phi) is 5.07. The molecule has 0 amide bonds. The standard InChI is InChI=1S/C14H20N2O2S.ClH/c17-19(18,16-13-7-8-15-10-13)14-6-5-11-3-1-2-4-12(11)9-14;/h5-6,9,13,15-16H,1-4,7-8,10H2;1H. The van der Waals surface area contributed by atoms with E-state index in [0.717, 1.165) is 38.8 Å². The Morgan fingerprint density at radius 2 is 1.90 bits per heavy atom. The lowest BCUT2D eigenvalue weighted by Gasteiger charge is -2.18. The van der Waals surface area contributed by atoms with Gasteiger partial charge >= 0.3 is 0 Å². The molecule has 1 aliphatic carbocycles. The first-order valence-electron chi connectivity index (χ1n) is 7.00. The summed E-state index contributed by atoms with van der Waals surface area (Å²) in [6.07, 6.45) is 5.32. The predicted molar refractivity (Wildman–Crippen MR) is 81.9 cm³/mol. The van der Waals surface area contributed by atoms with Gasteiger partial charge in [-0.1, -0.05) is 6.07 Å². The third-order valence-corrected chi connectivity index (χ3v) is 5.53. The van der Waals surface area contributed by atoms with Gasteiger partial charge in [0.15, 0.2) is 0 Å². The Labute approximate surface area is 126 Å². The summed E-state index contributed by atoms with van der Waals surface area (Å²) >= 11 is 0. The van der Waals surface area contributed by atoms with Crippen LogP contribution >= 0.6 is 12.4 Å². The van der Waals surface area contributed by atoms with Crippen LogP contribution in [0.15, 0.2) is 23.1 Å². The van der Waals surface area contributed by atoms with Crippen LogP contribution in [-0.4, -0.2) is 27.5 Å². The lowest BCUT2D eigenvalue weighted by Crippen LogP contribution is -2.36. The third-order valence-electron chi connectivity index (χ3n) is 4.01. The van der Waals surface area contributed by atoms with Gasteiger partial charge in [-0.05, 0) is 61.9 Å². The number of halogens is 1. The zero-order chi connectivity index (χ0) is 13.3. The van der Waals surface area contributed by atoms with Gasteiger partial charge < -0.3 is 5.32 Å². The Morgan fingerprint density at radius 3 is 2.60 bits per heavy atom. The van der Waals surface area contributed by atoms with Crippen molar-refractivity contribution in [2.45, 2.75) is 43.0 Å². The molecule has 1 aliphatic heterocycles. The molecule has 20 heavy (non-hydrogen) atoms. The molecule has 0 bridgehead atoms. The Balaban J connectivity index is 0.00000147. The van der Waals surface area contributed by atoms with E-state index in [1.165, 1.54) is 17.5 Å². The summed E-state index contributed by atoms with van der Waals surface area (Å²) in [5.41, 5.74) is 2.52. The average Bonchev–Trinajstić information content (AvgIpc) is 2.90. The van der Waals surface area contributed by atoms with E-state index in [9.17, 15) is 8.42 Å². The molecule has 2 aliphatic rings. The second kappa shape index (κ2) is 6.43. The molecular formula is C14H21ClN2O2S. The summed E-state index contributed by atoms with van der Waals surface area (Å²) in [5.74, 6) is 0. The molecule has 0 radical (unpaired) electrons. The van der Waals surface area contributed by atoms with Crippen LogP contribution in [0, 0.1) is 0 Å². The Bertz CT molecular complexity index is 569. The lowest BCUT2D eigenvalue weighted by atomic mass is 9.92. The molecule has 6 heteroatoms. The molecule has 1 saturated heterocycles. The van der Waals surface area contributed by atoms with Crippen molar-refractivity contribution >= 4 is 22.4 Å². The summed E-state index contributed by atoms with van der Waals surface area (Å²) in [6, 6.07) is 5.62. The van der Waals surface area contributed by atoms with Gasteiger partial charge in [0.1, 0.15) is 0 Å². The van der Waals surface area contributed by atoms with Crippen molar-refractivity contribution in [2.75, 3.05) is 13.1 Å². The first-order chi connectivity index (χ1) is 9.15. The maximum atomic E-state index is 12.3. The minimum Gasteiger partial charge on any atom is -0.315 e. The van der Waals surface area contributed by atoms with Crippen molar-refractivity contribution in [3.63, 3.8) is 0 Å². The molecule has 1 aromatic rings. The van der Waals surface area contributed by atoms with E-state index in [1.54, 1.807) is 6.07 Å². The van der Waals surface area contributed by atoms with E-state index < -0.39 is 10.0 Å². The maximum absolute atomic E-state index is 12.3. The Hall–Kier alpha value is -0.620. The molecular weight excluding hydrogens is 296 g/mol. The number of aryl methyl sites for hydroxylation is 2. The number of benzene rings is 1. The fourth-order valence-corrected chi connectivity index (χ4v) is 4.24. The number of hydrogen-bond donors (Lipinski definition) is 2. The second-order valence-electron chi connectivity index (χ2n) is 5.45. The SMILES string of the molecule is Cl.O=S(=O)(NC1CCNC1)c1ccc2c(c1)CCCC2. The van der Waals surface area contributed by atoms with Crippen LogP contribution in [0.2, 0.25) is 0 Å². The van der Waals surface area contributed by atoms with Crippen LogP contribution in [-0.2, 0) is 22.9 Å². The number of rotatable bonds is 3. The molecule has 4 nitrogen and oxygen atoms in total. The number of sulfonamides is 1. The summed E-state index contributed by atoms with van der Waals surface area (Å²) < 4.78 is 27.5. The van der Waals surface area contributed by atoms with E-state index in [1.807, 2.05) is 12.1 Å². The maximum Gasteiger partial charge on any atom is 0.240 e. The van der Waals surface area contributed by atoms with Crippen molar-refractivity contribution in [1.29, 1.82) is 0 Å². The van der Waals surface area contributed by atoms with Gasteiger partial charge in [-0.2, -0.15) is 0 Å². The minimum absolute atomic E-state index is 0. The molecule has 1 heterocycles. The summed E-state index contributed by atoms with van der Waals surface area (Å²) in [4.78, 5) is 0.417. The molecule has 1 unspecified atom stereocenters. The van der Waals surface area contributed by atoms with Gasteiger partial charge in [0, 0.05) is 12.6 Å². The highest BCUT2D eigenvalue weighted by Gasteiger charge is 2.23. The first-order valence-corrected chi connectivity index (χ1v) is 8.48. The fraction of sp³-hybridized carbons (Fsp3) is 0.571. The number of nitrogens with one attached hydrogen (secondary N) is 2. The van der Waals surface area contributed by atoms with Gasteiger partial charge in [-0.25, -0.2) is 13.1 Å². The monoisotopic (exact) mass is 316 g/mol. The molecule has 0 saturated carbocycles. The average molecular weight is 317 g/mol. The number of hydrogen-bond acceptors (Lipinski definition) is 3. The van der Waals surface area contributed by atoms with Gasteiger partial charge in [0.2, 0.25) is 10.0 Å². The van der Waals surface area contributed by atoms with E-state index in [4.69, 9.17) is 0 Å². The fourth-order valence-electron chi connectivity index (χ4n) is 2.92. The summed E-state index contributed by atoms with van der Waals surface area (Å²) in [6.45, 7) is 1.61. The summed E-state index contributed by atoms with van der Waals surface area (Å²) in [5, 5.41) is 3.17. The molecule has 1 fully saturated rings. The molecule has 3 rings (SSSR count). The van der Waals surface area contributed by atoms with E-state index in [0.29, 0.717) is 4.90 Å². The highest BCUT2D eigenvalue weighted by molar-refractivity contribution is 7.89. The highest BCUT2D eigenvalue weighted by Crippen LogP contribution is 2.24. The first kappa shape index (κ1) is 15.8. The quantitative estimate of drug-likeness (QED) is 0.891. The molecule has 0 spiro atoms. The van der Waals surface area contributed by atoms with Crippen molar-refractivity contribution in [3.8, 4) is 0 Å². The molecule has 112 valence electrons. The zero-order valence-electron chi connectivity index (χ0n) is 11.4.